The minimum Gasteiger partial charge on any atom is -0.445 e. The van der Waals surface area contributed by atoms with Crippen LogP contribution < -0.4 is 5.32 Å². The number of halogens is 4. The number of fused-ring (bicyclic) bond motifs is 2. The minimum absolute atomic E-state index is 0.0338. The van der Waals surface area contributed by atoms with Crippen molar-refractivity contribution in [2.45, 2.75) is 31.0 Å². The number of aromatic nitrogens is 3. The van der Waals surface area contributed by atoms with E-state index in [0.717, 1.165) is 6.42 Å². The van der Waals surface area contributed by atoms with E-state index in [0.29, 0.717) is 31.8 Å². The summed E-state index contributed by atoms with van der Waals surface area (Å²) in [4.78, 5) is 26.8. The number of nitrogens with one attached hydrogen (secondary N) is 1. The van der Waals surface area contributed by atoms with E-state index in [1.165, 1.54) is 24.6 Å². The molecule has 1 amide bonds. The van der Waals surface area contributed by atoms with Crippen molar-refractivity contribution in [2.24, 2.45) is 5.92 Å². The molecule has 1 aliphatic heterocycles. The maximum atomic E-state index is 14.9. The largest absolute Gasteiger partial charge is 0.445 e. The molecule has 0 spiro atoms. The highest BCUT2D eigenvalue weighted by atomic mass is 19.4. The van der Waals surface area contributed by atoms with E-state index >= 15 is 0 Å². The first-order chi connectivity index (χ1) is 15.8. The normalized spacial score (nSPS) is 22.1. The Morgan fingerprint density at radius 3 is 2.70 bits per heavy atom. The molecule has 172 valence electrons. The quantitative estimate of drug-likeness (QED) is 0.568. The summed E-state index contributed by atoms with van der Waals surface area (Å²) in [6, 6.07) is 4.29. The summed E-state index contributed by atoms with van der Waals surface area (Å²) in [5.41, 5.74) is -1.41. The summed E-state index contributed by atoms with van der Waals surface area (Å²) in [7, 11) is 0. The number of nitrogens with zero attached hydrogens (tertiary/aromatic N) is 4. The zero-order valence-electron chi connectivity index (χ0n) is 17.3. The van der Waals surface area contributed by atoms with Crippen molar-refractivity contribution >= 4 is 11.9 Å². The maximum absolute atomic E-state index is 14.9. The summed E-state index contributed by atoms with van der Waals surface area (Å²) in [5.74, 6) is -0.702. The second-order valence-corrected chi connectivity index (χ2v) is 8.40. The number of hydrogen-bond donors (Lipinski definition) is 1. The Labute approximate surface area is 185 Å². The number of carbonyl (C=O) groups excluding carboxylic acids is 1. The average molecular weight is 461 g/mol. The number of oxazole rings is 1. The number of carbonyl (C=O) groups is 1. The Hall–Kier alpha value is -3.50. The third kappa shape index (κ3) is 3.81. The SMILES string of the molecule is O=C(c1c(F)cccc1-c1ncco1)N1CC2CCC1(CNc1ncc(C(F)(F)F)cn1)C2. The number of benzene rings is 1. The van der Waals surface area contributed by atoms with Gasteiger partial charge in [0.05, 0.1) is 28.4 Å². The van der Waals surface area contributed by atoms with E-state index in [2.05, 4.69) is 20.3 Å². The Bertz CT molecular complexity index is 1170. The van der Waals surface area contributed by atoms with Gasteiger partial charge in [0, 0.05) is 25.5 Å². The van der Waals surface area contributed by atoms with Crippen LogP contribution in [0.25, 0.3) is 11.5 Å². The fourth-order valence-corrected chi connectivity index (χ4v) is 4.84. The van der Waals surface area contributed by atoms with Crippen LogP contribution in [0.15, 0.2) is 47.5 Å². The van der Waals surface area contributed by atoms with Gasteiger partial charge in [0.15, 0.2) is 0 Å². The van der Waals surface area contributed by atoms with Crippen molar-refractivity contribution in [1.29, 1.82) is 0 Å². The molecular formula is C22H19F4N5O2. The van der Waals surface area contributed by atoms with Crippen LogP contribution in [-0.4, -0.2) is 44.4 Å². The molecule has 1 aliphatic carbocycles. The lowest BCUT2D eigenvalue weighted by molar-refractivity contribution is -0.138. The highest BCUT2D eigenvalue weighted by molar-refractivity contribution is 6.01. The number of likely N-dealkylation sites (tertiary alicyclic amines) is 1. The molecule has 2 fully saturated rings. The molecule has 2 aliphatic rings. The first-order valence-corrected chi connectivity index (χ1v) is 10.4. The van der Waals surface area contributed by atoms with Gasteiger partial charge in [0.2, 0.25) is 11.8 Å². The van der Waals surface area contributed by atoms with Gasteiger partial charge in [-0.2, -0.15) is 13.2 Å². The highest BCUT2D eigenvalue weighted by Crippen LogP contribution is 2.47. The van der Waals surface area contributed by atoms with Crippen LogP contribution in [0.3, 0.4) is 0 Å². The monoisotopic (exact) mass is 461 g/mol. The number of alkyl halides is 3. The van der Waals surface area contributed by atoms with Gasteiger partial charge >= 0.3 is 6.18 Å². The van der Waals surface area contributed by atoms with E-state index in [1.54, 1.807) is 11.0 Å². The van der Waals surface area contributed by atoms with Gasteiger partial charge in [-0.3, -0.25) is 4.79 Å². The molecule has 1 N–H and O–H groups in total. The van der Waals surface area contributed by atoms with Gasteiger partial charge < -0.3 is 14.6 Å². The van der Waals surface area contributed by atoms with Crippen LogP contribution in [0.4, 0.5) is 23.5 Å². The number of anilines is 1. The zero-order valence-corrected chi connectivity index (χ0v) is 17.3. The van der Waals surface area contributed by atoms with Crippen LogP contribution in [0.1, 0.15) is 35.2 Å². The standard InChI is InChI=1S/C22H19F4N5O2/c23-16-3-1-2-15(18-27-6-7-33-18)17(16)19(32)31-11-13-4-5-21(31,8-13)12-30-20-28-9-14(10-29-20)22(24,25)26/h1-3,6-7,9-10,13H,4-5,8,11-12H2,(H,28,29,30). The highest BCUT2D eigenvalue weighted by Gasteiger charge is 2.53. The molecule has 3 aromatic rings. The van der Waals surface area contributed by atoms with Crippen LogP contribution in [0, 0.1) is 11.7 Å². The number of hydrogen-bond acceptors (Lipinski definition) is 6. The molecule has 2 aromatic heterocycles. The number of amides is 1. The molecule has 11 heteroatoms. The second kappa shape index (κ2) is 7.82. The Balaban J connectivity index is 1.40. The number of rotatable bonds is 5. The average Bonchev–Trinajstić information content (AvgIpc) is 3.53. The summed E-state index contributed by atoms with van der Waals surface area (Å²) in [6.07, 6.45) is 1.96. The van der Waals surface area contributed by atoms with Crippen molar-refractivity contribution in [1.82, 2.24) is 19.9 Å². The molecule has 7 nitrogen and oxygen atoms in total. The van der Waals surface area contributed by atoms with Crippen molar-refractivity contribution in [2.75, 3.05) is 18.4 Å². The smallest absolute Gasteiger partial charge is 0.419 e. The van der Waals surface area contributed by atoms with E-state index < -0.39 is 29.0 Å². The third-order valence-corrected chi connectivity index (χ3v) is 6.39. The molecule has 2 bridgehead atoms. The molecule has 33 heavy (non-hydrogen) atoms. The van der Waals surface area contributed by atoms with E-state index in [1.807, 2.05) is 0 Å². The molecule has 1 aromatic carbocycles. The summed E-state index contributed by atoms with van der Waals surface area (Å²) in [6.45, 7) is 0.705. The second-order valence-electron chi connectivity index (χ2n) is 8.40. The van der Waals surface area contributed by atoms with E-state index in [9.17, 15) is 22.4 Å². The molecule has 1 saturated carbocycles. The summed E-state index contributed by atoms with van der Waals surface area (Å²) < 4.78 is 58.4. The van der Waals surface area contributed by atoms with E-state index in [4.69, 9.17) is 4.42 Å². The minimum atomic E-state index is -4.52. The predicted molar refractivity (Wildman–Crippen MR) is 109 cm³/mol. The first-order valence-electron chi connectivity index (χ1n) is 10.4. The van der Waals surface area contributed by atoms with Gasteiger partial charge in [-0.25, -0.2) is 19.3 Å². The van der Waals surface area contributed by atoms with Crippen LogP contribution in [-0.2, 0) is 6.18 Å². The molecule has 1 saturated heterocycles. The number of piperidine rings is 1. The van der Waals surface area contributed by atoms with Gasteiger partial charge in [-0.1, -0.05) is 6.07 Å². The molecule has 3 heterocycles. The van der Waals surface area contributed by atoms with Crippen molar-refractivity contribution in [3.05, 3.63) is 60.0 Å². The van der Waals surface area contributed by atoms with Gasteiger partial charge in [0.1, 0.15) is 12.1 Å². The van der Waals surface area contributed by atoms with Crippen molar-refractivity contribution in [3.8, 4) is 11.5 Å². The first kappa shape index (κ1) is 21.4. The maximum Gasteiger partial charge on any atom is 0.419 e. The molecule has 2 unspecified atom stereocenters. The van der Waals surface area contributed by atoms with Crippen LogP contribution in [0.5, 0.6) is 0 Å². The fraction of sp³-hybridized carbons (Fsp3) is 0.364. The summed E-state index contributed by atoms with van der Waals surface area (Å²) >= 11 is 0. The van der Waals surface area contributed by atoms with Gasteiger partial charge in [-0.05, 0) is 37.3 Å². The zero-order chi connectivity index (χ0) is 23.2. The molecule has 0 radical (unpaired) electrons. The summed E-state index contributed by atoms with van der Waals surface area (Å²) in [5, 5.41) is 2.97. The van der Waals surface area contributed by atoms with E-state index in [-0.39, 0.29) is 35.4 Å². The van der Waals surface area contributed by atoms with Gasteiger partial charge in [0.25, 0.3) is 5.91 Å². The molecule has 5 rings (SSSR count). The fourth-order valence-electron chi connectivity index (χ4n) is 4.84. The molecule has 2 atom stereocenters. The Morgan fingerprint density at radius 1 is 1.24 bits per heavy atom. The van der Waals surface area contributed by atoms with Crippen molar-refractivity contribution < 1.29 is 26.8 Å². The van der Waals surface area contributed by atoms with Crippen LogP contribution >= 0.6 is 0 Å². The third-order valence-electron chi connectivity index (χ3n) is 6.39. The Kier molecular flexibility index (Phi) is 5.06. The van der Waals surface area contributed by atoms with Crippen molar-refractivity contribution in [3.63, 3.8) is 0 Å². The van der Waals surface area contributed by atoms with Gasteiger partial charge in [-0.15, -0.1) is 0 Å². The lowest BCUT2D eigenvalue weighted by Gasteiger charge is -2.39. The predicted octanol–water partition coefficient (Wildman–Crippen LogP) is 4.40. The topological polar surface area (TPSA) is 84.2 Å². The Morgan fingerprint density at radius 2 is 2.03 bits per heavy atom. The molecular weight excluding hydrogens is 442 g/mol. The lowest BCUT2D eigenvalue weighted by Crippen LogP contribution is -2.52. The lowest BCUT2D eigenvalue weighted by atomic mass is 9.94. The van der Waals surface area contributed by atoms with Crippen LogP contribution in [0.2, 0.25) is 0 Å².